The van der Waals surface area contributed by atoms with Crippen LogP contribution in [0.2, 0.25) is 5.02 Å². The van der Waals surface area contributed by atoms with Gasteiger partial charge >= 0.3 is 0 Å². The SMILES string of the molecule is C[C@H]1CN(Cc2nn(C)cc2Cl)CCN1C(=O)c1cscn1. The van der Waals surface area contributed by atoms with E-state index in [9.17, 15) is 4.79 Å². The number of piperazine rings is 1. The van der Waals surface area contributed by atoms with Crippen molar-refractivity contribution in [3.05, 3.63) is 33.5 Å². The van der Waals surface area contributed by atoms with Crippen LogP contribution in [0.4, 0.5) is 0 Å². The Hall–Kier alpha value is -1.44. The Morgan fingerprint density at radius 2 is 2.32 bits per heavy atom. The van der Waals surface area contributed by atoms with E-state index in [0.717, 1.165) is 18.8 Å². The average Bonchev–Trinajstić information content (AvgIpc) is 3.09. The van der Waals surface area contributed by atoms with Crippen LogP contribution in [0.5, 0.6) is 0 Å². The lowest BCUT2D eigenvalue weighted by molar-refractivity contribution is 0.0468. The molecule has 3 heterocycles. The zero-order valence-corrected chi connectivity index (χ0v) is 14.1. The summed E-state index contributed by atoms with van der Waals surface area (Å²) >= 11 is 7.61. The van der Waals surface area contributed by atoms with Crippen molar-refractivity contribution in [2.24, 2.45) is 7.05 Å². The molecular formula is C14H18ClN5OS. The van der Waals surface area contributed by atoms with E-state index in [1.807, 2.05) is 18.1 Å². The van der Waals surface area contributed by atoms with Gasteiger partial charge in [0.1, 0.15) is 5.69 Å². The number of halogens is 1. The van der Waals surface area contributed by atoms with Gasteiger partial charge in [-0.3, -0.25) is 14.4 Å². The summed E-state index contributed by atoms with van der Waals surface area (Å²) in [5.74, 6) is 0.0178. The van der Waals surface area contributed by atoms with Gasteiger partial charge in [0.05, 0.1) is 16.2 Å². The first-order valence-corrected chi connectivity index (χ1v) is 8.46. The topological polar surface area (TPSA) is 54.3 Å². The van der Waals surface area contributed by atoms with E-state index in [2.05, 4.69) is 21.9 Å². The van der Waals surface area contributed by atoms with E-state index in [0.29, 0.717) is 23.8 Å². The first-order valence-electron chi connectivity index (χ1n) is 7.14. The molecule has 8 heteroatoms. The molecule has 1 fully saturated rings. The highest BCUT2D eigenvalue weighted by molar-refractivity contribution is 7.07. The van der Waals surface area contributed by atoms with Gasteiger partial charge in [0.2, 0.25) is 0 Å². The standard InChI is InChI=1S/C14H18ClN5OS/c1-10-5-19(7-12-11(15)6-18(2)17-12)3-4-20(10)14(21)13-8-22-9-16-13/h6,8-10H,3-5,7H2,1-2H3/t10-/m0/s1. The normalized spacial score (nSPS) is 19.6. The minimum absolute atomic E-state index is 0.0178. The molecule has 3 rings (SSSR count). The number of thiazole rings is 1. The van der Waals surface area contributed by atoms with Gasteiger partial charge in [-0.05, 0) is 6.92 Å². The summed E-state index contributed by atoms with van der Waals surface area (Å²) in [6.07, 6.45) is 1.81. The fourth-order valence-corrected chi connectivity index (χ4v) is 3.53. The predicted molar refractivity (Wildman–Crippen MR) is 86.1 cm³/mol. The second-order valence-electron chi connectivity index (χ2n) is 5.55. The van der Waals surface area contributed by atoms with Gasteiger partial charge in [0, 0.05) is 50.8 Å². The Morgan fingerprint density at radius 1 is 1.50 bits per heavy atom. The second-order valence-corrected chi connectivity index (χ2v) is 6.68. The van der Waals surface area contributed by atoms with Crippen LogP contribution in [-0.4, -0.2) is 56.1 Å². The number of hydrogen-bond donors (Lipinski definition) is 0. The Labute approximate surface area is 138 Å². The molecule has 0 spiro atoms. The van der Waals surface area contributed by atoms with Crippen molar-refractivity contribution in [3.8, 4) is 0 Å². The number of carbonyl (C=O) groups excluding carboxylic acids is 1. The van der Waals surface area contributed by atoms with Crippen LogP contribution in [0.15, 0.2) is 17.1 Å². The molecule has 22 heavy (non-hydrogen) atoms. The van der Waals surface area contributed by atoms with E-state index in [1.165, 1.54) is 11.3 Å². The van der Waals surface area contributed by atoms with Gasteiger partial charge in [-0.2, -0.15) is 5.10 Å². The molecule has 0 unspecified atom stereocenters. The van der Waals surface area contributed by atoms with Crippen molar-refractivity contribution in [2.45, 2.75) is 19.5 Å². The van der Waals surface area contributed by atoms with Crippen molar-refractivity contribution < 1.29 is 4.79 Å². The molecule has 0 radical (unpaired) electrons. The van der Waals surface area contributed by atoms with E-state index in [4.69, 9.17) is 11.6 Å². The second kappa shape index (κ2) is 6.36. The van der Waals surface area contributed by atoms with Gasteiger partial charge in [-0.1, -0.05) is 11.6 Å². The largest absolute Gasteiger partial charge is 0.332 e. The maximum atomic E-state index is 12.4. The van der Waals surface area contributed by atoms with Crippen LogP contribution in [-0.2, 0) is 13.6 Å². The molecule has 118 valence electrons. The fourth-order valence-electron chi connectivity index (χ4n) is 2.77. The molecular weight excluding hydrogens is 322 g/mol. The zero-order chi connectivity index (χ0) is 15.7. The zero-order valence-electron chi connectivity index (χ0n) is 12.6. The van der Waals surface area contributed by atoms with Crippen LogP contribution >= 0.6 is 22.9 Å². The maximum Gasteiger partial charge on any atom is 0.273 e. The molecule has 1 aliphatic rings. The van der Waals surface area contributed by atoms with E-state index < -0.39 is 0 Å². The van der Waals surface area contributed by atoms with Crippen LogP contribution in [0.25, 0.3) is 0 Å². The first-order chi connectivity index (χ1) is 10.5. The molecule has 1 aliphatic heterocycles. The van der Waals surface area contributed by atoms with Gasteiger partial charge in [-0.15, -0.1) is 11.3 Å². The summed E-state index contributed by atoms with van der Waals surface area (Å²) in [4.78, 5) is 20.7. The molecule has 0 saturated carbocycles. The molecule has 2 aromatic rings. The third-order valence-corrected chi connectivity index (χ3v) is 4.75. The molecule has 1 saturated heterocycles. The number of hydrogen-bond acceptors (Lipinski definition) is 5. The fraction of sp³-hybridized carbons (Fsp3) is 0.500. The Bertz CT molecular complexity index is 656. The number of rotatable bonds is 3. The Morgan fingerprint density at radius 3 is 2.91 bits per heavy atom. The summed E-state index contributed by atoms with van der Waals surface area (Å²) < 4.78 is 1.73. The molecule has 2 aromatic heterocycles. The van der Waals surface area contributed by atoms with Crippen molar-refractivity contribution in [3.63, 3.8) is 0 Å². The van der Waals surface area contributed by atoms with Gasteiger partial charge in [0.15, 0.2) is 0 Å². The average molecular weight is 340 g/mol. The molecule has 6 nitrogen and oxygen atoms in total. The smallest absolute Gasteiger partial charge is 0.273 e. The summed E-state index contributed by atoms with van der Waals surface area (Å²) in [6, 6.07) is 0.144. The van der Waals surface area contributed by atoms with Crippen molar-refractivity contribution in [2.75, 3.05) is 19.6 Å². The lowest BCUT2D eigenvalue weighted by Gasteiger charge is -2.39. The van der Waals surface area contributed by atoms with E-state index in [1.54, 1.807) is 15.6 Å². The summed E-state index contributed by atoms with van der Waals surface area (Å²) in [5.41, 5.74) is 3.12. The van der Waals surface area contributed by atoms with E-state index >= 15 is 0 Å². The molecule has 1 amide bonds. The lowest BCUT2D eigenvalue weighted by atomic mass is 10.1. The Kier molecular flexibility index (Phi) is 4.46. The minimum atomic E-state index is 0.0178. The number of nitrogens with zero attached hydrogens (tertiary/aromatic N) is 5. The van der Waals surface area contributed by atoms with E-state index in [-0.39, 0.29) is 11.9 Å². The predicted octanol–water partition coefficient (Wildman–Crippen LogP) is 1.88. The highest BCUT2D eigenvalue weighted by Crippen LogP contribution is 2.19. The van der Waals surface area contributed by atoms with Gasteiger partial charge < -0.3 is 4.90 Å². The van der Waals surface area contributed by atoms with Crippen molar-refractivity contribution >= 4 is 28.8 Å². The van der Waals surface area contributed by atoms with Gasteiger partial charge in [0.25, 0.3) is 5.91 Å². The van der Waals surface area contributed by atoms with Crippen LogP contribution in [0, 0.1) is 0 Å². The third-order valence-electron chi connectivity index (χ3n) is 3.85. The summed E-state index contributed by atoms with van der Waals surface area (Å²) in [6.45, 7) is 5.09. The molecule has 1 atom stereocenters. The highest BCUT2D eigenvalue weighted by Gasteiger charge is 2.29. The Balaban J connectivity index is 1.62. The first kappa shape index (κ1) is 15.5. The third kappa shape index (κ3) is 3.16. The molecule has 0 N–H and O–H groups in total. The van der Waals surface area contributed by atoms with Crippen molar-refractivity contribution in [1.29, 1.82) is 0 Å². The van der Waals surface area contributed by atoms with Crippen LogP contribution in [0.3, 0.4) is 0 Å². The summed E-state index contributed by atoms with van der Waals surface area (Å²) in [5, 5.41) is 6.87. The minimum Gasteiger partial charge on any atom is -0.332 e. The summed E-state index contributed by atoms with van der Waals surface area (Å²) in [7, 11) is 1.86. The number of carbonyl (C=O) groups is 1. The van der Waals surface area contributed by atoms with Crippen LogP contribution in [0.1, 0.15) is 23.1 Å². The van der Waals surface area contributed by atoms with Gasteiger partial charge in [-0.25, -0.2) is 4.98 Å². The molecule has 0 aliphatic carbocycles. The lowest BCUT2D eigenvalue weighted by Crippen LogP contribution is -2.53. The van der Waals surface area contributed by atoms with Crippen molar-refractivity contribution in [1.82, 2.24) is 24.6 Å². The monoisotopic (exact) mass is 339 g/mol. The molecule has 0 bridgehead atoms. The quantitative estimate of drug-likeness (QED) is 0.856. The number of amides is 1. The van der Waals surface area contributed by atoms with Crippen LogP contribution < -0.4 is 0 Å². The molecule has 0 aromatic carbocycles. The number of aromatic nitrogens is 3. The maximum absolute atomic E-state index is 12.4. The highest BCUT2D eigenvalue weighted by atomic mass is 35.5. The number of aryl methyl sites for hydroxylation is 1.